The van der Waals surface area contributed by atoms with Crippen LogP contribution in [0.1, 0.15) is 19.3 Å². The molecular formula is C14H25N3O2S. The van der Waals surface area contributed by atoms with Crippen molar-refractivity contribution in [3.05, 3.63) is 0 Å². The largest absolute Gasteiger partial charge is 0.378 e. The summed E-state index contributed by atoms with van der Waals surface area (Å²) in [5.74, 6) is 2.55. The molecule has 3 saturated heterocycles. The highest BCUT2D eigenvalue weighted by Gasteiger charge is 2.28. The van der Waals surface area contributed by atoms with E-state index in [0.29, 0.717) is 25.3 Å². The minimum absolute atomic E-state index is 0.211. The number of urea groups is 1. The van der Waals surface area contributed by atoms with Crippen molar-refractivity contribution in [2.45, 2.75) is 31.3 Å². The lowest BCUT2D eigenvalue weighted by molar-refractivity contribution is 0.0407. The Hall–Kier alpha value is -0.460. The Balaban J connectivity index is 1.41. The number of nitrogens with one attached hydrogen (secondary N) is 1. The van der Waals surface area contributed by atoms with Gasteiger partial charge < -0.3 is 19.9 Å². The van der Waals surface area contributed by atoms with Crippen molar-refractivity contribution in [2.75, 3.05) is 50.9 Å². The molecule has 0 spiro atoms. The predicted molar refractivity (Wildman–Crippen MR) is 81.2 cm³/mol. The lowest BCUT2D eigenvalue weighted by Crippen LogP contribution is -2.53. The average molecular weight is 299 g/mol. The first kappa shape index (κ1) is 14.5. The SMILES string of the molecule is O=C(N1CCOCC1)N1CCC(N[C@@H]2CCSC2)CC1. The van der Waals surface area contributed by atoms with Crippen LogP contribution in [0.25, 0.3) is 0 Å². The lowest BCUT2D eigenvalue weighted by Gasteiger charge is -2.37. The number of carbonyl (C=O) groups excluding carboxylic acids is 1. The summed E-state index contributed by atoms with van der Waals surface area (Å²) in [5.41, 5.74) is 0. The first-order valence-electron chi connectivity index (χ1n) is 7.78. The summed E-state index contributed by atoms with van der Waals surface area (Å²) in [6.07, 6.45) is 3.49. The summed E-state index contributed by atoms with van der Waals surface area (Å²) < 4.78 is 5.30. The van der Waals surface area contributed by atoms with Crippen molar-refractivity contribution >= 4 is 17.8 Å². The Labute approximate surface area is 125 Å². The van der Waals surface area contributed by atoms with Gasteiger partial charge in [0.15, 0.2) is 0 Å². The van der Waals surface area contributed by atoms with Crippen LogP contribution in [0, 0.1) is 0 Å². The maximum absolute atomic E-state index is 12.4. The molecular weight excluding hydrogens is 274 g/mol. The molecule has 1 N–H and O–H groups in total. The van der Waals surface area contributed by atoms with Gasteiger partial charge in [0.05, 0.1) is 13.2 Å². The van der Waals surface area contributed by atoms with Gasteiger partial charge in [-0.1, -0.05) is 0 Å². The Morgan fingerprint density at radius 2 is 1.70 bits per heavy atom. The number of hydrogen-bond acceptors (Lipinski definition) is 4. The van der Waals surface area contributed by atoms with Crippen molar-refractivity contribution in [1.29, 1.82) is 0 Å². The van der Waals surface area contributed by atoms with E-state index < -0.39 is 0 Å². The van der Waals surface area contributed by atoms with Crippen molar-refractivity contribution in [2.24, 2.45) is 0 Å². The van der Waals surface area contributed by atoms with E-state index in [1.165, 1.54) is 17.9 Å². The molecule has 3 rings (SSSR count). The standard InChI is InChI=1S/C14H25N3O2S/c18-14(17-6-8-19-9-7-17)16-4-1-12(2-5-16)15-13-3-10-20-11-13/h12-13,15H,1-11H2/t13-/m1/s1. The van der Waals surface area contributed by atoms with E-state index in [-0.39, 0.29) is 6.03 Å². The summed E-state index contributed by atoms with van der Waals surface area (Å²) in [6, 6.07) is 1.52. The van der Waals surface area contributed by atoms with Crippen LogP contribution in [0.15, 0.2) is 0 Å². The molecule has 3 heterocycles. The molecule has 0 aromatic rings. The highest BCUT2D eigenvalue weighted by molar-refractivity contribution is 7.99. The van der Waals surface area contributed by atoms with Crippen molar-refractivity contribution in [1.82, 2.24) is 15.1 Å². The van der Waals surface area contributed by atoms with E-state index in [1.54, 1.807) is 0 Å². The molecule has 3 aliphatic rings. The van der Waals surface area contributed by atoms with E-state index >= 15 is 0 Å². The molecule has 3 fully saturated rings. The minimum atomic E-state index is 0.211. The van der Waals surface area contributed by atoms with Crippen LogP contribution in [-0.4, -0.2) is 78.8 Å². The molecule has 6 heteroatoms. The zero-order valence-corrected chi connectivity index (χ0v) is 12.9. The van der Waals surface area contributed by atoms with Gasteiger partial charge in [-0.3, -0.25) is 0 Å². The monoisotopic (exact) mass is 299 g/mol. The number of hydrogen-bond donors (Lipinski definition) is 1. The van der Waals surface area contributed by atoms with Gasteiger partial charge in [-0.2, -0.15) is 11.8 Å². The number of nitrogens with zero attached hydrogens (tertiary/aromatic N) is 2. The van der Waals surface area contributed by atoms with E-state index in [9.17, 15) is 4.79 Å². The Bertz CT molecular complexity index is 322. The number of carbonyl (C=O) groups is 1. The van der Waals surface area contributed by atoms with Crippen molar-refractivity contribution < 1.29 is 9.53 Å². The van der Waals surface area contributed by atoms with Crippen molar-refractivity contribution in [3.63, 3.8) is 0 Å². The number of amides is 2. The van der Waals surface area contributed by atoms with Gasteiger partial charge in [0.1, 0.15) is 0 Å². The van der Waals surface area contributed by atoms with Gasteiger partial charge >= 0.3 is 6.03 Å². The maximum atomic E-state index is 12.4. The van der Waals surface area contributed by atoms with Gasteiger partial charge in [0.2, 0.25) is 0 Å². The molecule has 0 unspecified atom stereocenters. The zero-order chi connectivity index (χ0) is 13.8. The zero-order valence-electron chi connectivity index (χ0n) is 12.1. The predicted octanol–water partition coefficient (Wildman–Crippen LogP) is 0.998. The fraction of sp³-hybridized carbons (Fsp3) is 0.929. The van der Waals surface area contributed by atoms with E-state index in [4.69, 9.17) is 4.74 Å². The molecule has 3 aliphatic heterocycles. The fourth-order valence-electron chi connectivity index (χ4n) is 3.19. The number of thioether (sulfide) groups is 1. The van der Waals surface area contributed by atoms with Crippen LogP contribution >= 0.6 is 11.8 Å². The van der Waals surface area contributed by atoms with E-state index in [1.807, 2.05) is 21.6 Å². The highest BCUT2D eigenvalue weighted by atomic mass is 32.2. The van der Waals surface area contributed by atoms with Gasteiger partial charge in [0.25, 0.3) is 0 Å². The number of likely N-dealkylation sites (tertiary alicyclic amines) is 1. The van der Waals surface area contributed by atoms with Crippen LogP contribution in [0.2, 0.25) is 0 Å². The number of morpholine rings is 1. The van der Waals surface area contributed by atoms with Gasteiger partial charge in [0, 0.05) is 44.0 Å². The summed E-state index contributed by atoms with van der Waals surface area (Å²) >= 11 is 2.05. The first-order valence-corrected chi connectivity index (χ1v) is 8.94. The number of rotatable bonds is 2. The summed E-state index contributed by atoms with van der Waals surface area (Å²) in [4.78, 5) is 16.3. The van der Waals surface area contributed by atoms with Crippen LogP contribution in [0.5, 0.6) is 0 Å². The third kappa shape index (κ3) is 3.59. The molecule has 0 aromatic heterocycles. The number of piperidine rings is 1. The van der Waals surface area contributed by atoms with Crippen LogP contribution in [-0.2, 0) is 4.74 Å². The highest BCUT2D eigenvalue weighted by Crippen LogP contribution is 2.20. The summed E-state index contributed by atoms with van der Waals surface area (Å²) in [6.45, 7) is 4.65. The smallest absolute Gasteiger partial charge is 0.320 e. The van der Waals surface area contributed by atoms with Gasteiger partial charge in [-0.05, 0) is 25.0 Å². The van der Waals surface area contributed by atoms with Crippen LogP contribution in [0.3, 0.4) is 0 Å². The fourth-order valence-corrected chi connectivity index (χ4v) is 4.36. The Morgan fingerprint density at radius 1 is 1.00 bits per heavy atom. The molecule has 0 saturated carbocycles. The molecule has 0 aromatic carbocycles. The minimum Gasteiger partial charge on any atom is -0.378 e. The second-order valence-corrected chi connectivity index (χ2v) is 7.02. The second kappa shape index (κ2) is 7.00. The van der Waals surface area contributed by atoms with E-state index in [2.05, 4.69) is 5.32 Å². The summed E-state index contributed by atoms with van der Waals surface area (Å²) in [5, 5.41) is 3.76. The Morgan fingerprint density at radius 3 is 2.35 bits per heavy atom. The quantitative estimate of drug-likeness (QED) is 0.826. The molecule has 114 valence electrons. The molecule has 20 heavy (non-hydrogen) atoms. The summed E-state index contributed by atoms with van der Waals surface area (Å²) in [7, 11) is 0. The van der Waals surface area contributed by atoms with E-state index in [0.717, 1.165) is 39.0 Å². The van der Waals surface area contributed by atoms with Crippen LogP contribution < -0.4 is 5.32 Å². The first-order chi connectivity index (χ1) is 9.83. The van der Waals surface area contributed by atoms with Gasteiger partial charge in [-0.25, -0.2) is 4.79 Å². The third-order valence-corrected chi connectivity index (χ3v) is 5.61. The average Bonchev–Trinajstić information content (AvgIpc) is 3.01. The van der Waals surface area contributed by atoms with Crippen LogP contribution in [0.4, 0.5) is 4.79 Å². The van der Waals surface area contributed by atoms with Crippen molar-refractivity contribution in [3.8, 4) is 0 Å². The topological polar surface area (TPSA) is 44.8 Å². The Kier molecular flexibility index (Phi) is 5.07. The lowest BCUT2D eigenvalue weighted by atomic mass is 10.0. The molecule has 2 amide bonds. The van der Waals surface area contributed by atoms with Gasteiger partial charge in [-0.15, -0.1) is 0 Å². The number of ether oxygens (including phenoxy) is 1. The molecule has 5 nitrogen and oxygen atoms in total. The molecule has 0 bridgehead atoms. The molecule has 1 atom stereocenters. The third-order valence-electron chi connectivity index (χ3n) is 4.45. The molecule has 0 aliphatic carbocycles. The second-order valence-electron chi connectivity index (χ2n) is 5.87. The normalized spacial score (nSPS) is 28.9. The molecule has 0 radical (unpaired) electrons. The maximum Gasteiger partial charge on any atom is 0.320 e.